The van der Waals surface area contributed by atoms with Crippen LogP contribution in [0.3, 0.4) is 0 Å². The number of fused-ring (bicyclic) bond motifs is 7. The van der Waals surface area contributed by atoms with Crippen LogP contribution in [0.1, 0.15) is 58.2 Å². The molecule has 0 amide bonds. The quantitative estimate of drug-likeness (QED) is 0.166. The summed E-state index contributed by atoms with van der Waals surface area (Å²) in [5.41, 5.74) is 21.6. The predicted octanol–water partition coefficient (Wildman–Crippen LogP) is 13.9. The van der Waals surface area contributed by atoms with Crippen LogP contribution < -0.4 is 26.2 Å². The predicted molar refractivity (Wildman–Crippen MR) is 261 cm³/mol. The van der Waals surface area contributed by atoms with Crippen molar-refractivity contribution in [3.63, 3.8) is 0 Å². The molecule has 4 heteroatoms. The molecule has 0 fully saturated rings. The minimum atomic E-state index is -0.0273. The minimum Gasteiger partial charge on any atom is -0.455 e. The molecule has 0 radical (unpaired) electrons. The summed E-state index contributed by atoms with van der Waals surface area (Å²) in [4.78, 5) is 5.05. The second-order valence-electron chi connectivity index (χ2n) is 19.1. The van der Waals surface area contributed by atoms with E-state index in [2.05, 4.69) is 222 Å². The van der Waals surface area contributed by atoms with E-state index in [1.54, 1.807) is 0 Å². The topological polar surface area (TPSA) is 19.6 Å². The van der Waals surface area contributed by atoms with Crippen LogP contribution >= 0.6 is 0 Å². The zero-order valence-corrected chi connectivity index (χ0v) is 36.0. The van der Waals surface area contributed by atoms with Crippen LogP contribution in [0.2, 0.25) is 0 Å². The number of benzene rings is 8. The SMILES string of the molecule is Cc1cc2c3c(c1)N(c1ccc(-c4cccc5c4oc4ccccc45)cc1)c1cc(C(C)(C)C)ccc1B3c1cc(C(C)(C)C)ccc1N2c1ccc(-c2ccccc2)cc1. The van der Waals surface area contributed by atoms with Gasteiger partial charge in [-0.05, 0) is 122 Å². The Morgan fingerprint density at radius 3 is 1.70 bits per heavy atom. The standard InChI is InChI=1S/C57H49BN2O/c1-36-32-51-54-52(33-36)60(43-28-22-39(23-29-43)44-17-13-18-46-45-16-11-12-19-53(45)61-55(44)46)50-35-41(57(5,6)7)24-30-47(50)58(54)48-34-40(56(2,3)4)25-31-49(48)59(51)42-26-20-38(21-27-42)37-14-9-8-10-15-37/h8-35H,1-7H3. The van der Waals surface area contributed by atoms with Gasteiger partial charge in [0.2, 0.25) is 0 Å². The molecular formula is C57H49BN2O. The third-order valence-electron chi connectivity index (χ3n) is 13.0. The Morgan fingerprint density at radius 1 is 0.443 bits per heavy atom. The summed E-state index contributed by atoms with van der Waals surface area (Å²) in [6, 6.07) is 63.0. The Kier molecular flexibility index (Phi) is 8.32. The molecule has 3 heterocycles. The molecule has 8 aromatic carbocycles. The maximum atomic E-state index is 6.50. The van der Waals surface area contributed by atoms with Crippen molar-refractivity contribution < 1.29 is 4.42 Å². The molecule has 0 unspecified atom stereocenters. The molecule has 0 saturated heterocycles. The Labute approximate surface area is 360 Å². The smallest absolute Gasteiger partial charge is 0.252 e. The Bertz CT molecular complexity index is 3170. The number of aryl methyl sites for hydroxylation is 1. The first kappa shape index (κ1) is 37.2. The lowest BCUT2D eigenvalue weighted by molar-refractivity contribution is 0.590. The summed E-state index contributed by atoms with van der Waals surface area (Å²) < 4.78 is 6.50. The third kappa shape index (κ3) is 6.03. The molecule has 0 aliphatic carbocycles. The normalized spacial score (nSPS) is 13.4. The van der Waals surface area contributed by atoms with Gasteiger partial charge in [0.1, 0.15) is 11.2 Å². The number of para-hydroxylation sites is 2. The number of hydrogen-bond acceptors (Lipinski definition) is 3. The highest BCUT2D eigenvalue weighted by molar-refractivity contribution is 7.00. The van der Waals surface area contributed by atoms with Crippen LogP contribution in [-0.2, 0) is 10.8 Å². The Morgan fingerprint density at radius 2 is 1.02 bits per heavy atom. The third-order valence-corrected chi connectivity index (χ3v) is 13.0. The summed E-state index contributed by atoms with van der Waals surface area (Å²) in [5.74, 6) is 0. The van der Waals surface area contributed by atoms with Crippen molar-refractivity contribution in [3.8, 4) is 22.3 Å². The minimum absolute atomic E-state index is 0.0123. The number of rotatable bonds is 4. The fraction of sp³-hybridized carbons (Fsp3) is 0.158. The summed E-state index contributed by atoms with van der Waals surface area (Å²) in [7, 11) is 0. The molecule has 61 heavy (non-hydrogen) atoms. The average Bonchev–Trinajstić information content (AvgIpc) is 3.65. The van der Waals surface area contributed by atoms with E-state index in [-0.39, 0.29) is 17.5 Å². The van der Waals surface area contributed by atoms with E-state index in [1.807, 2.05) is 6.07 Å². The zero-order chi connectivity index (χ0) is 41.8. The van der Waals surface area contributed by atoms with Crippen LogP contribution in [-0.4, -0.2) is 6.71 Å². The van der Waals surface area contributed by atoms with Gasteiger partial charge in [-0.3, -0.25) is 0 Å². The summed E-state index contributed by atoms with van der Waals surface area (Å²) >= 11 is 0. The van der Waals surface area contributed by atoms with Gasteiger partial charge in [-0.2, -0.15) is 0 Å². The molecule has 11 rings (SSSR count). The van der Waals surface area contributed by atoms with Gasteiger partial charge in [0.05, 0.1) is 0 Å². The fourth-order valence-electron chi connectivity index (χ4n) is 9.82. The number of nitrogens with zero attached hydrogens (tertiary/aromatic N) is 2. The molecule has 0 spiro atoms. The van der Waals surface area contributed by atoms with Gasteiger partial charge < -0.3 is 14.2 Å². The van der Waals surface area contributed by atoms with Crippen LogP contribution in [0, 0.1) is 6.92 Å². The van der Waals surface area contributed by atoms with Crippen molar-refractivity contribution in [2.45, 2.75) is 59.3 Å². The lowest BCUT2D eigenvalue weighted by Crippen LogP contribution is -2.61. The van der Waals surface area contributed by atoms with Gasteiger partial charge in [-0.25, -0.2) is 0 Å². The highest BCUT2D eigenvalue weighted by Gasteiger charge is 2.44. The lowest BCUT2D eigenvalue weighted by atomic mass is 9.33. The first-order valence-corrected chi connectivity index (χ1v) is 21.6. The van der Waals surface area contributed by atoms with E-state index in [1.165, 1.54) is 67.0 Å². The summed E-state index contributed by atoms with van der Waals surface area (Å²) in [6.45, 7) is 16.2. The maximum Gasteiger partial charge on any atom is 0.252 e. The van der Waals surface area contributed by atoms with Gasteiger partial charge in [-0.1, -0.05) is 157 Å². The molecule has 1 aromatic heterocycles. The van der Waals surface area contributed by atoms with Gasteiger partial charge in [0, 0.05) is 50.5 Å². The van der Waals surface area contributed by atoms with E-state index in [0.717, 1.165) is 44.4 Å². The molecule has 0 bridgehead atoms. The van der Waals surface area contributed by atoms with Crippen molar-refractivity contribution in [2.24, 2.45) is 0 Å². The van der Waals surface area contributed by atoms with Crippen molar-refractivity contribution in [1.29, 1.82) is 0 Å². The van der Waals surface area contributed by atoms with E-state index in [0.29, 0.717) is 0 Å². The van der Waals surface area contributed by atoms with Gasteiger partial charge in [0.15, 0.2) is 0 Å². The highest BCUT2D eigenvalue weighted by Crippen LogP contribution is 2.46. The number of hydrogen-bond donors (Lipinski definition) is 0. The molecule has 9 aromatic rings. The number of furan rings is 1. The van der Waals surface area contributed by atoms with E-state index in [9.17, 15) is 0 Å². The van der Waals surface area contributed by atoms with Crippen LogP contribution in [0.4, 0.5) is 34.1 Å². The van der Waals surface area contributed by atoms with Crippen molar-refractivity contribution in [1.82, 2.24) is 0 Å². The van der Waals surface area contributed by atoms with E-state index < -0.39 is 0 Å². The van der Waals surface area contributed by atoms with E-state index in [4.69, 9.17) is 4.42 Å². The fourth-order valence-corrected chi connectivity index (χ4v) is 9.82. The molecule has 0 atom stereocenters. The first-order valence-electron chi connectivity index (χ1n) is 21.6. The molecule has 2 aliphatic heterocycles. The lowest BCUT2D eigenvalue weighted by Gasteiger charge is -2.45. The van der Waals surface area contributed by atoms with Crippen LogP contribution in [0.25, 0.3) is 44.2 Å². The monoisotopic (exact) mass is 788 g/mol. The molecule has 3 nitrogen and oxygen atoms in total. The maximum absolute atomic E-state index is 6.50. The largest absolute Gasteiger partial charge is 0.455 e. The molecule has 0 N–H and O–H groups in total. The molecular weight excluding hydrogens is 739 g/mol. The van der Waals surface area contributed by atoms with Crippen LogP contribution in [0.15, 0.2) is 174 Å². The number of anilines is 6. The van der Waals surface area contributed by atoms with Crippen molar-refractivity contribution in [3.05, 3.63) is 187 Å². The zero-order valence-electron chi connectivity index (χ0n) is 36.0. The second kappa shape index (κ2) is 13.6. The Balaban J connectivity index is 1.13. The summed E-state index contributed by atoms with van der Waals surface area (Å²) in [5, 5.41) is 2.29. The van der Waals surface area contributed by atoms with Crippen molar-refractivity contribution >= 4 is 79.2 Å². The second-order valence-corrected chi connectivity index (χ2v) is 19.1. The molecule has 296 valence electrons. The van der Waals surface area contributed by atoms with Gasteiger partial charge >= 0.3 is 0 Å². The van der Waals surface area contributed by atoms with Gasteiger partial charge in [-0.15, -0.1) is 0 Å². The summed E-state index contributed by atoms with van der Waals surface area (Å²) in [6.07, 6.45) is 0. The van der Waals surface area contributed by atoms with E-state index >= 15 is 0 Å². The highest BCUT2D eigenvalue weighted by atomic mass is 16.3. The van der Waals surface area contributed by atoms with Crippen molar-refractivity contribution in [2.75, 3.05) is 9.80 Å². The average molecular weight is 789 g/mol. The van der Waals surface area contributed by atoms with Crippen LogP contribution in [0.5, 0.6) is 0 Å². The molecule has 2 aliphatic rings. The Hall–Kier alpha value is -6.78. The first-order chi connectivity index (χ1) is 29.4. The molecule has 0 saturated carbocycles. The van der Waals surface area contributed by atoms with Gasteiger partial charge in [0.25, 0.3) is 6.71 Å².